The van der Waals surface area contributed by atoms with Crippen LogP contribution in [0.15, 0.2) is 42.6 Å². The third-order valence-electron chi connectivity index (χ3n) is 6.03. The van der Waals surface area contributed by atoms with Gasteiger partial charge in [0.25, 0.3) is 5.91 Å². The van der Waals surface area contributed by atoms with Gasteiger partial charge in [-0.25, -0.2) is 14.7 Å². The first kappa shape index (κ1) is 22.8. The van der Waals surface area contributed by atoms with Gasteiger partial charge < -0.3 is 15.0 Å². The molecule has 2 aliphatic rings. The Kier molecular flexibility index (Phi) is 5.91. The highest BCUT2D eigenvalue weighted by atomic mass is 19.4. The lowest BCUT2D eigenvalue weighted by atomic mass is 9.92. The molecule has 0 saturated carbocycles. The molecule has 2 saturated heterocycles. The van der Waals surface area contributed by atoms with Crippen molar-refractivity contribution in [2.24, 2.45) is 0 Å². The number of methoxy groups -OCH3 is 1. The van der Waals surface area contributed by atoms with Gasteiger partial charge in [-0.15, -0.1) is 0 Å². The number of pyridine rings is 1. The Balaban J connectivity index is 1.38. The van der Waals surface area contributed by atoms with Crippen molar-refractivity contribution < 1.29 is 27.5 Å². The van der Waals surface area contributed by atoms with E-state index < -0.39 is 23.3 Å². The van der Waals surface area contributed by atoms with Crippen LogP contribution < -0.4 is 15.0 Å². The fraction of sp³-hybridized carbons (Fsp3) is 0.409. The standard InChI is InChI=1S/C22H24F3N5O3/c1-21(15-4-3-5-17(12-15)33-2)19(31)30(20(32)27-21)14-28-8-10-29(11-9-28)18-7-6-16(13-26-18)22(23,24)25/h3-7,12-13H,8-11,14H2,1-2H3,(H,27,32)/t21-/m0/s1. The Labute approximate surface area is 188 Å². The summed E-state index contributed by atoms with van der Waals surface area (Å²) in [6, 6.07) is 8.90. The van der Waals surface area contributed by atoms with E-state index in [0.29, 0.717) is 43.3 Å². The number of urea groups is 1. The van der Waals surface area contributed by atoms with E-state index in [1.165, 1.54) is 18.1 Å². The number of ether oxygens (including phenoxy) is 1. The van der Waals surface area contributed by atoms with Crippen molar-refractivity contribution in [2.75, 3.05) is 44.9 Å². The van der Waals surface area contributed by atoms with E-state index in [0.717, 1.165) is 12.3 Å². The van der Waals surface area contributed by atoms with Gasteiger partial charge in [0.05, 0.1) is 19.3 Å². The maximum Gasteiger partial charge on any atom is 0.417 e. The molecule has 1 aromatic carbocycles. The van der Waals surface area contributed by atoms with E-state index in [-0.39, 0.29) is 12.6 Å². The highest BCUT2D eigenvalue weighted by Gasteiger charge is 2.49. The van der Waals surface area contributed by atoms with Crippen molar-refractivity contribution in [3.05, 3.63) is 53.7 Å². The molecule has 2 fully saturated rings. The second-order valence-electron chi connectivity index (χ2n) is 8.17. The van der Waals surface area contributed by atoms with Gasteiger partial charge >= 0.3 is 12.2 Å². The van der Waals surface area contributed by atoms with Crippen molar-refractivity contribution in [1.82, 2.24) is 20.1 Å². The number of nitrogens with one attached hydrogen (secondary N) is 1. The molecule has 0 bridgehead atoms. The molecule has 2 aliphatic heterocycles. The van der Waals surface area contributed by atoms with Gasteiger partial charge in [0.2, 0.25) is 0 Å². The summed E-state index contributed by atoms with van der Waals surface area (Å²) in [6.45, 7) is 3.85. The number of rotatable bonds is 5. The molecule has 1 aromatic heterocycles. The Morgan fingerprint density at radius 1 is 1.12 bits per heavy atom. The van der Waals surface area contributed by atoms with E-state index in [4.69, 9.17) is 4.74 Å². The lowest BCUT2D eigenvalue weighted by molar-refractivity contribution is -0.137. The zero-order chi connectivity index (χ0) is 23.8. The zero-order valence-corrected chi connectivity index (χ0v) is 18.2. The number of alkyl halides is 3. The maximum absolute atomic E-state index is 13.2. The van der Waals surface area contributed by atoms with Crippen molar-refractivity contribution in [2.45, 2.75) is 18.6 Å². The lowest BCUT2D eigenvalue weighted by Gasteiger charge is -2.36. The van der Waals surface area contributed by atoms with Crippen LogP contribution in [0.1, 0.15) is 18.1 Å². The van der Waals surface area contributed by atoms with Gasteiger partial charge in [0.1, 0.15) is 17.1 Å². The SMILES string of the molecule is COc1cccc([C@]2(C)NC(=O)N(CN3CCN(c4ccc(C(F)(F)F)cn4)CC3)C2=O)c1. The minimum absolute atomic E-state index is 0.124. The Hall–Kier alpha value is -3.34. The van der Waals surface area contributed by atoms with E-state index >= 15 is 0 Å². The highest BCUT2D eigenvalue weighted by molar-refractivity contribution is 6.07. The average molecular weight is 463 g/mol. The van der Waals surface area contributed by atoms with Crippen molar-refractivity contribution >= 4 is 17.8 Å². The summed E-state index contributed by atoms with van der Waals surface area (Å²) in [4.78, 5) is 34.8. The predicted molar refractivity (Wildman–Crippen MR) is 114 cm³/mol. The number of benzene rings is 1. The number of carbonyl (C=O) groups is 2. The van der Waals surface area contributed by atoms with Crippen LogP contribution in [0.3, 0.4) is 0 Å². The lowest BCUT2D eigenvalue weighted by Crippen LogP contribution is -2.51. The summed E-state index contributed by atoms with van der Waals surface area (Å²) in [5, 5.41) is 2.78. The Morgan fingerprint density at radius 2 is 1.85 bits per heavy atom. The summed E-state index contributed by atoms with van der Waals surface area (Å²) in [5.74, 6) is 0.693. The molecule has 8 nitrogen and oxygen atoms in total. The minimum atomic E-state index is -4.42. The van der Waals surface area contributed by atoms with Crippen molar-refractivity contribution in [3.63, 3.8) is 0 Å². The molecular formula is C22H24F3N5O3. The van der Waals surface area contributed by atoms with Gasteiger partial charge in [-0.3, -0.25) is 9.69 Å². The number of amides is 3. The summed E-state index contributed by atoms with van der Waals surface area (Å²) in [5.41, 5.74) is -1.36. The van der Waals surface area contributed by atoms with Crippen LogP contribution in [-0.2, 0) is 16.5 Å². The molecule has 0 unspecified atom stereocenters. The molecule has 0 radical (unpaired) electrons. The quantitative estimate of drug-likeness (QED) is 0.687. The second-order valence-corrected chi connectivity index (χ2v) is 8.17. The van der Waals surface area contributed by atoms with Gasteiger partial charge in [0, 0.05) is 32.4 Å². The van der Waals surface area contributed by atoms with E-state index in [1.807, 2.05) is 9.80 Å². The molecule has 2 aromatic rings. The van der Waals surface area contributed by atoms with Gasteiger partial charge in [0.15, 0.2) is 0 Å². The number of imide groups is 1. The normalized spacial score (nSPS) is 22.0. The maximum atomic E-state index is 13.2. The van der Waals surface area contributed by atoms with Crippen molar-refractivity contribution in [1.29, 1.82) is 0 Å². The smallest absolute Gasteiger partial charge is 0.417 e. The second kappa shape index (κ2) is 8.54. The molecule has 1 N–H and O–H groups in total. The number of hydrogen-bond donors (Lipinski definition) is 1. The molecule has 1 atom stereocenters. The number of anilines is 1. The predicted octanol–water partition coefficient (Wildman–Crippen LogP) is 2.66. The average Bonchev–Trinajstić information content (AvgIpc) is 3.03. The van der Waals surface area contributed by atoms with Crippen LogP contribution in [0, 0.1) is 0 Å². The van der Waals surface area contributed by atoms with E-state index in [9.17, 15) is 22.8 Å². The molecule has 0 aliphatic carbocycles. The van der Waals surface area contributed by atoms with Crippen LogP contribution in [0.5, 0.6) is 5.75 Å². The number of carbonyl (C=O) groups excluding carboxylic acids is 2. The van der Waals surface area contributed by atoms with Crippen LogP contribution >= 0.6 is 0 Å². The number of aromatic nitrogens is 1. The summed E-state index contributed by atoms with van der Waals surface area (Å²) in [6.07, 6.45) is -3.60. The molecule has 3 amide bonds. The largest absolute Gasteiger partial charge is 0.497 e. The molecule has 4 rings (SSSR count). The third kappa shape index (κ3) is 4.45. The summed E-state index contributed by atoms with van der Waals surface area (Å²) < 4.78 is 43.4. The fourth-order valence-corrected chi connectivity index (χ4v) is 4.01. The number of halogens is 3. The van der Waals surface area contributed by atoms with Crippen LogP contribution in [0.25, 0.3) is 0 Å². The fourth-order valence-electron chi connectivity index (χ4n) is 4.01. The minimum Gasteiger partial charge on any atom is -0.497 e. The third-order valence-corrected chi connectivity index (χ3v) is 6.03. The van der Waals surface area contributed by atoms with E-state index in [1.54, 1.807) is 31.2 Å². The first-order valence-electron chi connectivity index (χ1n) is 10.4. The van der Waals surface area contributed by atoms with Crippen LogP contribution in [-0.4, -0.2) is 66.7 Å². The summed E-state index contributed by atoms with van der Waals surface area (Å²) >= 11 is 0. The highest BCUT2D eigenvalue weighted by Crippen LogP contribution is 2.32. The molecule has 3 heterocycles. The van der Waals surface area contributed by atoms with Crippen molar-refractivity contribution in [3.8, 4) is 5.75 Å². The van der Waals surface area contributed by atoms with Gasteiger partial charge in [-0.1, -0.05) is 12.1 Å². The Morgan fingerprint density at radius 3 is 2.45 bits per heavy atom. The first-order chi connectivity index (χ1) is 15.6. The molecular weight excluding hydrogens is 439 g/mol. The Bertz CT molecular complexity index is 1040. The van der Waals surface area contributed by atoms with E-state index in [2.05, 4.69) is 10.3 Å². The molecule has 0 spiro atoms. The van der Waals surface area contributed by atoms with Gasteiger partial charge in [-0.2, -0.15) is 13.2 Å². The van der Waals surface area contributed by atoms with Crippen LogP contribution in [0.2, 0.25) is 0 Å². The summed E-state index contributed by atoms with van der Waals surface area (Å²) in [7, 11) is 1.53. The zero-order valence-electron chi connectivity index (χ0n) is 18.2. The number of hydrogen-bond acceptors (Lipinski definition) is 6. The monoisotopic (exact) mass is 463 g/mol. The molecule has 11 heteroatoms. The van der Waals surface area contributed by atoms with Gasteiger partial charge in [-0.05, 0) is 36.8 Å². The number of nitrogens with zero attached hydrogens (tertiary/aromatic N) is 4. The first-order valence-corrected chi connectivity index (χ1v) is 10.4. The topological polar surface area (TPSA) is 78.0 Å². The molecule has 176 valence electrons. The molecule has 33 heavy (non-hydrogen) atoms. The van der Waals surface area contributed by atoms with Crippen LogP contribution in [0.4, 0.5) is 23.8 Å². The number of piperazine rings is 1.